The van der Waals surface area contributed by atoms with Crippen molar-refractivity contribution >= 4 is 10.8 Å². The lowest BCUT2D eigenvalue weighted by Gasteiger charge is -2.36. The van der Waals surface area contributed by atoms with Gasteiger partial charge < -0.3 is 10.1 Å². The summed E-state index contributed by atoms with van der Waals surface area (Å²) in [6.45, 7) is 3.09. The van der Waals surface area contributed by atoms with Gasteiger partial charge in [0.1, 0.15) is 0 Å². The molecular weight excluding hydrogens is 282 g/mol. The third kappa shape index (κ3) is 3.08. The molecule has 1 N–H and O–H groups in total. The Bertz CT molecular complexity index is 513. The van der Waals surface area contributed by atoms with Gasteiger partial charge in [0.15, 0.2) is 0 Å². The first-order chi connectivity index (χ1) is 10.2. The zero-order valence-corrected chi connectivity index (χ0v) is 13.7. The van der Waals surface area contributed by atoms with Crippen LogP contribution >= 0.6 is 0 Å². The molecule has 0 amide bonds. The molecule has 1 heterocycles. The van der Waals surface area contributed by atoms with E-state index in [0.29, 0.717) is 11.7 Å². The molecular formula is C17H25NO2S. The summed E-state index contributed by atoms with van der Waals surface area (Å²) in [4.78, 5) is 0. The van der Waals surface area contributed by atoms with Gasteiger partial charge in [-0.25, -0.2) is 0 Å². The number of fused-ring (bicyclic) bond motifs is 1. The zero-order chi connectivity index (χ0) is 14.8. The highest BCUT2D eigenvalue weighted by Crippen LogP contribution is 2.39. The summed E-state index contributed by atoms with van der Waals surface area (Å²) in [6, 6.07) is 8.78. The highest BCUT2D eigenvalue weighted by molar-refractivity contribution is 7.85. The minimum Gasteiger partial charge on any atom is -0.377 e. The van der Waals surface area contributed by atoms with E-state index in [4.69, 9.17) is 4.74 Å². The molecule has 0 radical (unpaired) electrons. The summed E-state index contributed by atoms with van der Waals surface area (Å²) in [5.41, 5.74) is 2.73. The Balaban J connectivity index is 1.80. The average Bonchev–Trinajstić information content (AvgIpc) is 3.00. The van der Waals surface area contributed by atoms with Crippen molar-refractivity contribution in [3.63, 3.8) is 0 Å². The Morgan fingerprint density at radius 2 is 2.10 bits per heavy atom. The molecule has 0 saturated carbocycles. The standard InChI is InChI=1S/C17H25NO2S/c1-12-10-16(21(19)11-13-6-5-9-20-13)17(18-2)15-8-4-3-7-14(12)15/h3-4,7-8,12-13,16-18H,5-6,9-11H2,1-2H3. The van der Waals surface area contributed by atoms with Crippen LogP contribution in [0.3, 0.4) is 0 Å². The van der Waals surface area contributed by atoms with Crippen LogP contribution in [-0.2, 0) is 15.5 Å². The van der Waals surface area contributed by atoms with Crippen LogP contribution in [0, 0.1) is 0 Å². The molecule has 3 rings (SSSR count). The maximum absolute atomic E-state index is 12.9. The van der Waals surface area contributed by atoms with Crippen molar-refractivity contribution in [1.82, 2.24) is 5.32 Å². The van der Waals surface area contributed by atoms with E-state index >= 15 is 0 Å². The Morgan fingerprint density at radius 3 is 2.76 bits per heavy atom. The van der Waals surface area contributed by atoms with E-state index in [0.717, 1.165) is 25.9 Å². The second kappa shape index (κ2) is 6.59. The first-order valence-electron chi connectivity index (χ1n) is 7.95. The van der Waals surface area contributed by atoms with Crippen LogP contribution in [0.4, 0.5) is 0 Å². The fraction of sp³-hybridized carbons (Fsp3) is 0.647. The molecule has 1 aromatic rings. The number of hydrogen-bond acceptors (Lipinski definition) is 3. The van der Waals surface area contributed by atoms with Crippen molar-refractivity contribution in [2.24, 2.45) is 0 Å². The molecule has 0 bridgehead atoms. The molecule has 0 aromatic heterocycles. The van der Waals surface area contributed by atoms with Gasteiger partial charge in [-0.2, -0.15) is 0 Å². The average molecular weight is 307 g/mol. The second-order valence-electron chi connectivity index (χ2n) is 6.25. The Kier molecular flexibility index (Phi) is 4.77. The van der Waals surface area contributed by atoms with Crippen LogP contribution in [0.2, 0.25) is 0 Å². The highest BCUT2D eigenvalue weighted by Gasteiger charge is 2.36. The first kappa shape index (κ1) is 15.2. The van der Waals surface area contributed by atoms with E-state index < -0.39 is 10.8 Å². The maximum Gasteiger partial charge on any atom is 0.0691 e. The normalized spacial score (nSPS) is 33.6. The van der Waals surface area contributed by atoms with Gasteiger partial charge in [-0.15, -0.1) is 0 Å². The summed E-state index contributed by atoms with van der Waals surface area (Å²) in [5.74, 6) is 1.17. The quantitative estimate of drug-likeness (QED) is 0.929. The second-order valence-corrected chi connectivity index (χ2v) is 7.95. The lowest BCUT2D eigenvalue weighted by Crippen LogP contribution is -2.40. The van der Waals surface area contributed by atoms with Gasteiger partial charge in [-0.1, -0.05) is 31.2 Å². The Morgan fingerprint density at radius 1 is 1.33 bits per heavy atom. The molecule has 1 saturated heterocycles. The zero-order valence-electron chi connectivity index (χ0n) is 12.9. The minimum atomic E-state index is -0.842. The van der Waals surface area contributed by atoms with Gasteiger partial charge >= 0.3 is 0 Å². The van der Waals surface area contributed by atoms with Gasteiger partial charge in [-0.3, -0.25) is 4.21 Å². The lowest BCUT2D eigenvalue weighted by molar-refractivity contribution is 0.128. The molecule has 2 aliphatic rings. The van der Waals surface area contributed by atoms with Crippen molar-refractivity contribution in [2.75, 3.05) is 19.4 Å². The Labute approximate surface area is 129 Å². The van der Waals surface area contributed by atoms with Crippen molar-refractivity contribution < 1.29 is 8.95 Å². The fourth-order valence-corrected chi connectivity index (χ4v) is 5.70. The third-order valence-electron chi connectivity index (χ3n) is 4.84. The summed E-state index contributed by atoms with van der Waals surface area (Å²) in [6.07, 6.45) is 3.37. The molecule has 21 heavy (non-hydrogen) atoms. The molecule has 116 valence electrons. The smallest absolute Gasteiger partial charge is 0.0691 e. The molecule has 3 nitrogen and oxygen atoms in total. The van der Waals surface area contributed by atoms with Crippen molar-refractivity contribution in [3.8, 4) is 0 Å². The van der Waals surface area contributed by atoms with E-state index in [2.05, 4.69) is 36.5 Å². The van der Waals surface area contributed by atoms with Gasteiger partial charge in [0, 0.05) is 23.4 Å². The fourth-order valence-electron chi connectivity index (χ4n) is 3.74. The number of rotatable bonds is 4. The molecule has 5 atom stereocenters. The summed E-state index contributed by atoms with van der Waals surface area (Å²) in [7, 11) is 1.14. The monoisotopic (exact) mass is 307 g/mol. The molecule has 4 heteroatoms. The van der Waals surface area contributed by atoms with Crippen LogP contribution in [-0.4, -0.2) is 35.0 Å². The van der Waals surface area contributed by atoms with Gasteiger partial charge in [0.05, 0.1) is 17.1 Å². The number of ether oxygens (including phenoxy) is 1. The molecule has 0 spiro atoms. The topological polar surface area (TPSA) is 38.3 Å². The van der Waals surface area contributed by atoms with Gasteiger partial charge in [0.25, 0.3) is 0 Å². The number of nitrogens with one attached hydrogen (secondary N) is 1. The van der Waals surface area contributed by atoms with Crippen LogP contribution in [0.25, 0.3) is 0 Å². The van der Waals surface area contributed by atoms with Gasteiger partial charge in [-0.05, 0) is 43.4 Å². The summed E-state index contributed by atoms with van der Waals surface area (Å²) < 4.78 is 18.5. The maximum atomic E-state index is 12.9. The Hall–Kier alpha value is -0.710. The SMILES string of the molecule is CNC1c2ccccc2C(C)CC1S(=O)CC1CCCO1. The third-order valence-corrected chi connectivity index (χ3v) is 6.68. The first-order valence-corrected chi connectivity index (χ1v) is 9.33. The molecule has 1 aliphatic heterocycles. The minimum absolute atomic E-state index is 0.184. The van der Waals surface area contributed by atoms with E-state index in [1.54, 1.807) is 0 Å². The van der Waals surface area contributed by atoms with E-state index in [-0.39, 0.29) is 17.4 Å². The van der Waals surface area contributed by atoms with E-state index in [9.17, 15) is 4.21 Å². The van der Waals surface area contributed by atoms with Crippen molar-refractivity contribution in [2.45, 2.75) is 49.5 Å². The highest BCUT2D eigenvalue weighted by atomic mass is 32.2. The molecule has 1 aliphatic carbocycles. The van der Waals surface area contributed by atoms with E-state index in [1.807, 2.05) is 7.05 Å². The van der Waals surface area contributed by atoms with Crippen LogP contribution in [0.5, 0.6) is 0 Å². The number of hydrogen-bond donors (Lipinski definition) is 1. The lowest BCUT2D eigenvalue weighted by atomic mass is 9.81. The molecule has 1 fully saturated rings. The van der Waals surface area contributed by atoms with Crippen LogP contribution < -0.4 is 5.32 Å². The van der Waals surface area contributed by atoms with Crippen LogP contribution in [0.1, 0.15) is 49.3 Å². The van der Waals surface area contributed by atoms with Crippen molar-refractivity contribution in [3.05, 3.63) is 35.4 Å². The molecule has 1 aromatic carbocycles. The van der Waals surface area contributed by atoms with Gasteiger partial charge in [0.2, 0.25) is 0 Å². The largest absolute Gasteiger partial charge is 0.377 e. The summed E-state index contributed by atoms with van der Waals surface area (Å²) >= 11 is 0. The van der Waals surface area contributed by atoms with E-state index in [1.165, 1.54) is 11.1 Å². The summed E-state index contributed by atoms with van der Waals surface area (Å²) in [5, 5.41) is 3.59. The molecule has 5 unspecified atom stereocenters. The predicted molar refractivity (Wildman–Crippen MR) is 87.0 cm³/mol. The number of benzene rings is 1. The predicted octanol–water partition coefficient (Wildman–Crippen LogP) is 2.75. The van der Waals surface area contributed by atoms with Crippen molar-refractivity contribution in [1.29, 1.82) is 0 Å². The van der Waals surface area contributed by atoms with Crippen LogP contribution in [0.15, 0.2) is 24.3 Å².